The fourth-order valence-corrected chi connectivity index (χ4v) is 2.48. The second-order valence-corrected chi connectivity index (χ2v) is 5.02. The lowest BCUT2D eigenvalue weighted by Crippen LogP contribution is -1.97. The minimum Gasteiger partial charge on any atom is -0.300 e. The number of rotatable bonds is 2. The molecule has 0 aliphatic carbocycles. The van der Waals surface area contributed by atoms with Crippen LogP contribution in [0.15, 0.2) is 61.3 Å². The average Bonchev–Trinajstić information content (AvgIpc) is 3.06. The van der Waals surface area contributed by atoms with Crippen LogP contribution < -0.4 is 0 Å². The first-order chi connectivity index (χ1) is 11.2. The maximum Gasteiger partial charge on any atom is 0.159 e. The molecule has 23 heavy (non-hydrogen) atoms. The van der Waals surface area contributed by atoms with E-state index in [1.807, 2.05) is 18.2 Å². The fourth-order valence-electron chi connectivity index (χ4n) is 2.48. The van der Waals surface area contributed by atoms with Gasteiger partial charge in [0, 0.05) is 35.2 Å². The molecule has 0 saturated heterocycles. The fraction of sp³-hybridized carbons (Fsp3) is 0. The molecule has 0 aliphatic heterocycles. The summed E-state index contributed by atoms with van der Waals surface area (Å²) in [5.41, 5.74) is 2.17. The van der Waals surface area contributed by atoms with Gasteiger partial charge in [-0.3, -0.25) is 4.57 Å². The summed E-state index contributed by atoms with van der Waals surface area (Å²) >= 11 is 0. The molecular weight excluding hydrogens is 298 g/mol. The first kappa shape index (κ1) is 13.5. The van der Waals surface area contributed by atoms with E-state index in [9.17, 15) is 8.78 Å². The molecule has 0 amide bonds. The zero-order valence-electron chi connectivity index (χ0n) is 11.8. The van der Waals surface area contributed by atoms with E-state index in [0.717, 1.165) is 28.7 Å². The molecule has 2 aromatic carbocycles. The molecule has 0 spiro atoms. The van der Waals surface area contributed by atoms with E-state index in [0.29, 0.717) is 11.4 Å². The van der Waals surface area contributed by atoms with Gasteiger partial charge in [0.05, 0.1) is 5.52 Å². The van der Waals surface area contributed by atoms with Crippen LogP contribution in [0.25, 0.3) is 28.0 Å². The Morgan fingerprint density at radius 2 is 1.83 bits per heavy atom. The molecule has 6 heteroatoms. The van der Waals surface area contributed by atoms with Crippen LogP contribution in [0.2, 0.25) is 0 Å². The van der Waals surface area contributed by atoms with Crippen molar-refractivity contribution in [3.8, 4) is 17.1 Å². The number of hydrogen-bond acceptors (Lipinski definition) is 3. The highest BCUT2D eigenvalue weighted by molar-refractivity contribution is 5.80. The summed E-state index contributed by atoms with van der Waals surface area (Å²) in [5, 5.41) is 0.884. The quantitative estimate of drug-likeness (QED) is 0.566. The van der Waals surface area contributed by atoms with Crippen LogP contribution in [0, 0.1) is 11.6 Å². The standard InChI is InChI=1S/C17H10F2N4/c18-14-3-1-11(8-15(14)19)17-21-5-6-23(17)13-2-4-16-12(7-13)9-20-10-22-16/h1-10H. The summed E-state index contributed by atoms with van der Waals surface area (Å²) in [4.78, 5) is 12.4. The number of hydrogen-bond donors (Lipinski definition) is 0. The van der Waals surface area contributed by atoms with Crippen molar-refractivity contribution in [1.29, 1.82) is 0 Å². The highest BCUT2D eigenvalue weighted by Crippen LogP contribution is 2.24. The molecule has 4 nitrogen and oxygen atoms in total. The van der Waals surface area contributed by atoms with Gasteiger partial charge >= 0.3 is 0 Å². The van der Waals surface area contributed by atoms with Gasteiger partial charge in [-0.1, -0.05) is 0 Å². The molecule has 0 N–H and O–H groups in total. The Morgan fingerprint density at radius 3 is 2.70 bits per heavy atom. The number of benzene rings is 2. The van der Waals surface area contributed by atoms with Crippen molar-refractivity contribution in [2.45, 2.75) is 0 Å². The summed E-state index contributed by atoms with van der Waals surface area (Å²) in [5.74, 6) is -1.25. The highest BCUT2D eigenvalue weighted by Gasteiger charge is 2.11. The molecule has 0 unspecified atom stereocenters. The Kier molecular flexibility index (Phi) is 3.08. The number of nitrogens with zero attached hydrogens (tertiary/aromatic N) is 4. The molecule has 2 aromatic heterocycles. The molecule has 112 valence electrons. The van der Waals surface area contributed by atoms with E-state index in [1.54, 1.807) is 23.2 Å². The second kappa shape index (κ2) is 5.24. The lowest BCUT2D eigenvalue weighted by Gasteiger charge is -2.09. The van der Waals surface area contributed by atoms with E-state index >= 15 is 0 Å². The zero-order valence-corrected chi connectivity index (χ0v) is 11.8. The van der Waals surface area contributed by atoms with Crippen LogP contribution in [0.1, 0.15) is 0 Å². The lowest BCUT2D eigenvalue weighted by molar-refractivity contribution is 0.509. The van der Waals surface area contributed by atoms with Crippen molar-refractivity contribution >= 4 is 10.9 Å². The summed E-state index contributed by atoms with van der Waals surface area (Å²) < 4.78 is 28.4. The lowest BCUT2D eigenvalue weighted by atomic mass is 10.2. The van der Waals surface area contributed by atoms with Crippen molar-refractivity contribution < 1.29 is 8.78 Å². The third-order valence-electron chi connectivity index (χ3n) is 3.58. The van der Waals surface area contributed by atoms with Crippen molar-refractivity contribution in [2.75, 3.05) is 0 Å². The molecule has 0 fully saturated rings. The van der Waals surface area contributed by atoms with Crippen molar-refractivity contribution in [2.24, 2.45) is 0 Å². The average molecular weight is 308 g/mol. The number of fused-ring (bicyclic) bond motifs is 1. The molecule has 0 radical (unpaired) electrons. The van der Waals surface area contributed by atoms with Crippen LogP contribution in [-0.2, 0) is 0 Å². The van der Waals surface area contributed by atoms with Crippen molar-refractivity contribution in [3.05, 3.63) is 73.0 Å². The highest BCUT2D eigenvalue weighted by atomic mass is 19.2. The Hall–Kier alpha value is -3.15. The summed E-state index contributed by atoms with van der Waals surface area (Å²) in [6, 6.07) is 9.42. The Morgan fingerprint density at radius 1 is 0.913 bits per heavy atom. The summed E-state index contributed by atoms with van der Waals surface area (Å²) in [7, 11) is 0. The third kappa shape index (κ3) is 2.34. The SMILES string of the molecule is Fc1ccc(-c2nccn2-c2ccc3ncncc3c2)cc1F. The Labute approximate surface area is 130 Å². The molecular formula is C17H10F2N4. The second-order valence-electron chi connectivity index (χ2n) is 5.02. The van der Waals surface area contributed by atoms with Gasteiger partial charge in [0.1, 0.15) is 12.2 Å². The Balaban J connectivity index is 1.86. The predicted molar refractivity (Wildman–Crippen MR) is 82.0 cm³/mol. The maximum absolute atomic E-state index is 13.5. The van der Waals surface area contributed by atoms with Crippen molar-refractivity contribution in [3.63, 3.8) is 0 Å². The topological polar surface area (TPSA) is 43.6 Å². The normalized spacial score (nSPS) is 11.0. The summed E-state index contributed by atoms with van der Waals surface area (Å²) in [6.07, 6.45) is 6.59. The van der Waals surface area contributed by atoms with E-state index in [1.165, 1.54) is 12.4 Å². The van der Waals surface area contributed by atoms with Crippen LogP contribution in [0.3, 0.4) is 0 Å². The van der Waals surface area contributed by atoms with E-state index in [4.69, 9.17) is 0 Å². The van der Waals surface area contributed by atoms with Gasteiger partial charge in [0.25, 0.3) is 0 Å². The number of aromatic nitrogens is 4. The minimum absolute atomic E-state index is 0.498. The maximum atomic E-state index is 13.5. The van der Waals surface area contributed by atoms with Gasteiger partial charge in [-0.05, 0) is 36.4 Å². The molecule has 4 rings (SSSR count). The molecule has 0 saturated carbocycles. The van der Waals surface area contributed by atoms with E-state index in [2.05, 4.69) is 15.0 Å². The number of imidazole rings is 1. The first-order valence-electron chi connectivity index (χ1n) is 6.91. The smallest absolute Gasteiger partial charge is 0.159 e. The van der Waals surface area contributed by atoms with Crippen LogP contribution in [0.5, 0.6) is 0 Å². The van der Waals surface area contributed by atoms with Crippen LogP contribution >= 0.6 is 0 Å². The zero-order chi connectivity index (χ0) is 15.8. The largest absolute Gasteiger partial charge is 0.300 e. The molecule has 4 aromatic rings. The predicted octanol–water partition coefficient (Wildman–Crippen LogP) is 3.76. The molecule has 0 bridgehead atoms. The Bertz CT molecular complexity index is 1010. The molecule has 0 atom stereocenters. The third-order valence-corrected chi connectivity index (χ3v) is 3.58. The molecule has 0 aliphatic rings. The molecule has 2 heterocycles. The number of halogens is 2. The van der Waals surface area contributed by atoms with Gasteiger partial charge in [-0.2, -0.15) is 0 Å². The van der Waals surface area contributed by atoms with Crippen molar-refractivity contribution in [1.82, 2.24) is 19.5 Å². The van der Waals surface area contributed by atoms with E-state index < -0.39 is 11.6 Å². The monoisotopic (exact) mass is 308 g/mol. The van der Waals surface area contributed by atoms with E-state index in [-0.39, 0.29) is 0 Å². The van der Waals surface area contributed by atoms with Gasteiger partial charge in [-0.15, -0.1) is 0 Å². The van der Waals surface area contributed by atoms with Gasteiger partial charge in [0.2, 0.25) is 0 Å². The van der Waals surface area contributed by atoms with Crippen LogP contribution in [-0.4, -0.2) is 19.5 Å². The minimum atomic E-state index is -0.899. The van der Waals surface area contributed by atoms with Crippen LogP contribution in [0.4, 0.5) is 8.78 Å². The van der Waals surface area contributed by atoms with Gasteiger partial charge < -0.3 is 0 Å². The van der Waals surface area contributed by atoms with Gasteiger partial charge in [0.15, 0.2) is 11.6 Å². The summed E-state index contributed by atoms with van der Waals surface area (Å²) in [6.45, 7) is 0. The first-order valence-corrected chi connectivity index (χ1v) is 6.91. The van der Waals surface area contributed by atoms with Gasteiger partial charge in [-0.25, -0.2) is 23.7 Å².